The van der Waals surface area contributed by atoms with Crippen LogP contribution in [0.15, 0.2) is 174 Å². The summed E-state index contributed by atoms with van der Waals surface area (Å²) >= 11 is 5.40. The number of nitrogens with zero attached hydrogens (tertiary/aromatic N) is 3. The first-order valence-corrected chi connectivity index (χ1v) is 19.7. The van der Waals surface area contributed by atoms with Crippen LogP contribution in [0.2, 0.25) is 0 Å². The fraction of sp³-hybridized carbons (Fsp3) is 0.0652. The number of thiophene rings is 2. The number of amidine groups is 1. The van der Waals surface area contributed by atoms with Crippen molar-refractivity contribution in [3.63, 3.8) is 0 Å². The van der Waals surface area contributed by atoms with Crippen LogP contribution in [0.3, 0.4) is 0 Å². The number of para-hydroxylation sites is 1. The van der Waals surface area contributed by atoms with Gasteiger partial charge in [0.15, 0.2) is 5.84 Å². The van der Waals surface area contributed by atoms with Gasteiger partial charge in [0, 0.05) is 36.3 Å². The molecule has 8 aromatic rings. The average molecular weight is 724 g/mol. The van der Waals surface area contributed by atoms with Gasteiger partial charge in [-0.1, -0.05) is 122 Å². The lowest BCUT2D eigenvalue weighted by molar-refractivity contribution is 0.842. The molecule has 0 amide bonds. The average Bonchev–Trinajstić information content (AvgIpc) is 3.95. The standard InChI is InChI=1S/C46H33N3S3/c1-29(31-15-19-33(20-16-31)43-27-37-9-3-6-12-40(37)50-43)47-45(35-23-21-34(22-24-35)44-28-38-10-4-7-13-41(38)51-44)48-30(2)32-17-25-36(26-18-32)46-49-39-11-5-8-14-42(39)52-46/h3-25,27-28,36H,1,26H2,2H3. The van der Waals surface area contributed by atoms with Gasteiger partial charge in [0.05, 0.1) is 15.9 Å². The molecule has 3 aromatic heterocycles. The van der Waals surface area contributed by atoms with Crippen LogP contribution in [0.25, 0.3) is 57.0 Å². The molecule has 0 bridgehead atoms. The molecule has 1 unspecified atom stereocenters. The Bertz CT molecular complexity index is 2630. The number of rotatable bonds is 7. The zero-order valence-corrected chi connectivity index (χ0v) is 30.9. The van der Waals surface area contributed by atoms with E-state index in [2.05, 4.69) is 159 Å². The van der Waals surface area contributed by atoms with E-state index >= 15 is 0 Å². The molecule has 0 saturated carbocycles. The summed E-state index contributed by atoms with van der Waals surface area (Å²) in [5.74, 6) is 0.903. The van der Waals surface area contributed by atoms with Crippen molar-refractivity contribution in [1.82, 2.24) is 4.98 Å². The zero-order chi connectivity index (χ0) is 35.0. The number of thiazole rings is 1. The van der Waals surface area contributed by atoms with Gasteiger partial charge >= 0.3 is 0 Å². The first-order chi connectivity index (χ1) is 25.5. The van der Waals surface area contributed by atoms with E-state index in [4.69, 9.17) is 15.0 Å². The zero-order valence-electron chi connectivity index (χ0n) is 28.5. The van der Waals surface area contributed by atoms with Gasteiger partial charge in [-0.05, 0) is 82.8 Å². The first-order valence-electron chi connectivity index (χ1n) is 17.3. The van der Waals surface area contributed by atoms with E-state index in [0.717, 1.165) is 39.4 Å². The molecule has 9 rings (SSSR count). The van der Waals surface area contributed by atoms with E-state index in [-0.39, 0.29) is 5.92 Å². The lowest BCUT2D eigenvalue weighted by atomic mass is 9.95. The molecule has 1 aliphatic rings. The maximum absolute atomic E-state index is 5.17. The minimum Gasteiger partial charge on any atom is -0.241 e. The summed E-state index contributed by atoms with van der Waals surface area (Å²) in [4.78, 5) is 17.7. The fourth-order valence-electron chi connectivity index (χ4n) is 6.55. The summed E-state index contributed by atoms with van der Waals surface area (Å²) in [6.45, 7) is 6.48. The molecule has 1 atom stereocenters. The highest BCUT2D eigenvalue weighted by Gasteiger charge is 2.17. The van der Waals surface area contributed by atoms with Crippen molar-refractivity contribution >= 4 is 81.6 Å². The Hall–Kier alpha value is -5.53. The molecule has 5 aromatic carbocycles. The number of fused-ring (bicyclic) bond motifs is 3. The normalized spacial score (nSPS) is 15.1. The van der Waals surface area contributed by atoms with E-state index < -0.39 is 0 Å². The van der Waals surface area contributed by atoms with Crippen LogP contribution in [0.5, 0.6) is 0 Å². The molecule has 1 aliphatic carbocycles. The third-order valence-corrected chi connectivity index (χ3v) is 12.9. The Morgan fingerprint density at radius 3 is 1.81 bits per heavy atom. The van der Waals surface area contributed by atoms with Crippen LogP contribution in [0, 0.1) is 0 Å². The van der Waals surface area contributed by atoms with E-state index in [1.165, 1.54) is 45.8 Å². The van der Waals surface area contributed by atoms with Crippen molar-refractivity contribution < 1.29 is 0 Å². The van der Waals surface area contributed by atoms with Crippen LogP contribution in [0.1, 0.15) is 35.4 Å². The molecule has 0 saturated heterocycles. The van der Waals surface area contributed by atoms with Crippen LogP contribution in [-0.4, -0.2) is 16.5 Å². The molecule has 3 nitrogen and oxygen atoms in total. The first kappa shape index (κ1) is 32.4. The Labute approximate surface area is 315 Å². The van der Waals surface area contributed by atoms with Gasteiger partial charge < -0.3 is 0 Å². The van der Waals surface area contributed by atoms with Crippen molar-refractivity contribution in [2.75, 3.05) is 0 Å². The van der Waals surface area contributed by atoms with E-state index in [9.17, 15) is 0 Å². The van der Waals surface area contributed by atoms with E-state index in [1.807, 2.05) is 28.7 Å². The van der Waals surface area contributed by atoms with Gasteiger partial charge in [-0.3, -0.25) is 0 Å². The van der Waals surface area contributed by atoms with Crippen LogP contribution in [0.4, 0.5) is 0 Å². The van der Waals surface area contributed by atoms with Gasteiger partial charge in [0.2, 0.25) is 0 Å². The molecule has 0 fully saturated rings. The van der Waals surface area contributed by atoms with Crippen molar-refractivity contribution in [3.8, 4) is 20.9 Å². The minimum absolute atomic E-state index is 0.263. The summed E-state index contributed by atoms with van der Waals surface area (Å²) in [7, 11) is 0. The van der Waals surface area contributed by atoms with Gasteiger partial charge in [-0.15, -0.1) is 34.0 Å². The Morgan fingerprint density at radius 1 is 0.654 bits per heavy atom. The Kier molecular flexibility index (Phi) is 8.65. The second-order valence-corrected chi connectivity index (χ2v) is 16.1. The third-order valence-electron chi connectivity index (χ3n) is 9.44. The summed E-state index contributed by atoms with van der Waals surface area (Å²) in [5.41, 5.74) is 8.04. The second-order valence-electron chi connectivity index (χ2n) is 12.9. The van der Waals surface area contributed by atoms with Crippen LogP contribution >= 0.6 is 34.0 Å². The smallest absolute Gasteiger partial charge is 0.160 e. The summed E-state index contributed by atoms with van der Waals surface area (Å²) in [6.07, 6.45) is 7.61. The highest BCUT2D eigenvalue weighted by molar-refractivity contribution is 7.22. The van der Waals surface area contributed by atoms with Gasteiger partial charge in [0.1, 0.15) is 5.01 Å². The van der Waals surface area contributed by atoms with E-state index in [1.54, 1.807) is 11.3 Å². The minimum atomic E-state index is 0.263. The number of aromatic nitrogens is 1. The van der Waals surface area contributed by atoms with Crippen molar-refractivity contribution in [1.29, 1.82) is 0 Å². The summed E-state index contributed by atoms with van der Waals surface area (Å²) < 4.78 is 3.81. The maximum atomic E-state index is 5.17. The number of aliphatic imine (C=N–C) groups is 2. The Balaban J connectivity index is 1.01. The highest BCUT2D eigenvalue weighted by atomic mass is 32.1. The summed E-state index contributed by atoms with van der Waals surface area (Å²) in [5, 5.41) is 3.69. The van der Waals surface area contributed by atoms with Gasteiger partial charge in [0.25, 0.3) is 0 Å². The summed E-state index contributed by atoms with van der Waals surface area (Å²) in [6, 6.07) is 47.1. The van der Waals surface area contributed by atoms with Crippen molar-refractivity contribution in [3.05, 3.63) is 180 Å². The number of allylic oxidation sites excluding steroid dienone is 4. The van der Waals surface area contributed by atoms with E-state index in [0.29, 0.717) is 11.5 Å². The molecule has 250 valence electrons. The lowest BCUT2D eigenvalue weighted by Crippen LogP contribution is -2.07. The maximum Gasteiger partial charge on any atom is 0.160 e. The van der Waals surface area contributed by atoms with Crippen LogP contribution < -0.4 is 0 Å². The monoisotopic (exact) mass is 723 g/mol. The SMILES string of the molecule is C=C(N=C(N=C(C)C1=CCC(c2nc3ccccc3s2)C=C1)c1ccc(-c2cc3ccccc3s2)cc1)c1ccc(-c2cc3ccccc3s2)cc1. The van der Waals surface area contributed by atoms with Crippen molar-refractivity contribution in [2.24, 2.45) is 9.98 Å². The topological polar surface area (TPSA) is 37.6 Å². The second kappa shape index (κ2) is 13.9. The molecule has 0 spiro atoms. The van der Waals surface area contributed by atoms with Crippen molar-refractivity contribution in [2.45, 2.75) is 19.3 Å². The quantitative estimate of drug-likeness (QED) is 0.119. The predicted octanol–water partition coefficient (Wildman–Crippen LogP) is 13.6. The van der Waals surface area contributed by atoms with Gasteiger partial charge in [-0.25, -0.2) is 15.0 Å². The molecule has 3 heterocycles. The third kappa shape index (κ3) is 6.53. The molecule has 6 heteroatoms. The molecular weight excluding hydrogens is 691 g/mol. The fourth-order valence-corrected chi connectivity index (χ4v) is 9.75. The van der Waals surface area contributed by atoms with Crippen LogP contribution in [-0.2, 0) is 0 Å². The molecule has 0 N–H and O–H groups in total. The lowest BCUT2D eigenvalue weighted by Gasteiger charge is -2.14. The molecule has 52 heavy (non-hydrogen) atoms. The highest BCUT2D eigenvalue weighted by Crippen LogP contribution is 2.36. The molecule has 0 aliphatic heterocycles. The number of hydrogen-bond acceptors (Lipinski definition) is 5. The number of hydrogen-bond donors (Lipinski definition) is 0. The molecule has 0 radical (unpaired) electrons. The Morgan fingerprint density at radius 2 is 1.23 bits per heavy atom. The van der Waals surface area contributed by atoms with Gasteiger partial charge in [-0.2, -0.15) is 0 Å². The predicted molar refractivity (Wildman–Crippen MR) is 227 cm³/mol. The largest absolute Gasteiger partial charge is 0.241 e. The number of benzene rings is 5. The molecular formula is C46H33N3S3.